The van der Waals surface area contributed by atoms with Gasteiger partial charge in [0.25, 0.3) is 0 Å². The monoisotopic (exact) mass is 654 g/mol. The number of benzene rings is 8. The maximum absolute atomic E-state index is 6.40. The van der Waals surface area contributed by atoms with Gasteiger partial charge in [-0.1, -0.05) is 115 Å². The number of hydrogen-bond acceptors (Lipinski definition) is 4. The molecule has 2 aromatic heterocycles. The number of para-hydroxylation sites is 1. The van der Waals surface area contributed by atoms with E-state index in [1.54, 1.807) is 0 Å². The number of hydrogen-bond donors (Lipinski definition) is 0. The molecule has 0 amide bonds. The van der Waals surface area contributed by atoms with Crippen LogP contribution in [-0.2, 0) is 0 Å². The Morgan fingerprint density at radius 3 is 1.88 bits per heavy atom. The highest BCUT2D eigenvalue weighted by Gasteiger charge is 2.20. The zero-order valence-corrected chi connectivity index (χ0v) is 27.5. The van der Waals surface area contributed by atoms with Crippen LogP contribution < -0.4 is 4.90 Å². The minimum Gasteiger partial charge on any atom is -0.456 e. The third kappa shape index (κ3) is 5.13. The Morgan fingerprint density at radius 2 is 1.06 bits per heavy atom. The maximum Gasteiger partial charge on any atom is 0.227 e. The van der Waals surface area contributed by atoms with Crippen LogP contribution in [0.2, 0.25) is 0 Å². The molecule has 51 heavy (non-hydrogen) atoms. The summed E-state index contributed by atoms with van der Waals surface area (Å²) in [5, 5.41) is 4.49. The summed E-state index contributed by atoms with van der Waals surface area (Å²) in [7, 11) is 0. The van der Waals surface area contributed by atoms with Crippen molar-refractivity contribution in [2.75, 3.05) is 4.90 Å². The van der Waals surface area contributed by atoms with E-state index in [1.165, 1.54) is 21.9 Å². The van der Waals surface area contributed by atoms with Crippen LogP contribution in [0.25, 0.3) is 77.5 Å². The van der Waals surface area contributed by atoms with Gasteiger partial charge in [-0.2, -0.15) is 0 Å². The van der Waals surface area contributed by atoms with Crippen LogP contribution in [0.4, 0.5) is 17.1 Å². The summed E-state index contributed by atoms with van der Waals surface area (Å²) in [6.45, 7) is 0. The number of nitrogens with zero attached hydrogens (tertiary/aromatic N) is 2. The zero-order valence-electron chi connectivity index (χ0n) is 27.5. The van der Waals surface area contributed by atoms with E-state index in [1.807, 2.05) is 36.4 Å². The van der Waals surface area contributed by atoms with Gasteiger partial charge in [0.05, 0.1) is 5.69 Å². The highest BCUT2D eigenvalue weighted by molar-refractivity contribution is 6.10. The molecule has 0 aliphatic carbocycles. The van der Waals surface area contributed by atoms with Crippen molar-refractivity contribution in [2.24, 2.45) is 0 Å². The van der Waals surface area contributed by atoms with Gasteiger partial charge in [-0.05, 0) is 88.1 Å². The number of furan rings is 1. The second-order valence-electron chi connectivity index (χ2n) is 12.8. The van der Waals surface area contributed by atoms with Gasteiger partial charge in [0.2, 0.25) is 5.89 Å². The quantitative estimate of drug-likeness (QED) is 0.179. The van der Waals surface area contributed by atoms with Gasteiger partial charge < -0.3 is 13.7 Å². The molecule has 0 spiro atoms. The molecule has 0 N–H and O–H groups in total. The van der Waals surface area contributed by atoms with Crippen LogP contribution in [0.15, 0.2) is 191 Å². The summed E-state index contributed by atoms with van der Waals surface area (Å²) in [6.07, 6.45) is 0. The van der Waals surface area contributed by atoms with Gasteiger partial charge in [-0.25, -0.2) is 4.98 Å². The molecule has 0 bridgehead atoms. The van der Waals surface area contributed by atoms with Crippen LogP contribution in [0.3, 0.4) is 0 Å². The van der Waals surface area contributed by atoms with Gasteiger partial charge in [0, 0.05) is 39.3 Å². The van der Waals surface area contributed by atoms with E-state index in [9.17, 15) is 0 Å². The second kappa shape index (κ2) is 11.9. The van der Waals surface area contributed by atoms with Gasteiger partial charge in [0.1, 0.15) is 16.7 Å². The van der Waals surface area contributed by atoms with Crippen LogP contribution in [0, 0.1) is 0 Å². The van der Waals surface area contributed by atoms with Crippen molar-refractivity contribution in [1.82, 2.24) is 4.98 Å². The molecule has 0 unspecified atom stereocenters. The number of oxazole rings is 1. The van der Waals surface area contributed by atoms with Crippen molar-refractivity contribution in [3.63, 3.8) is 0 Å². The fourth-order valence-electron chi connectivity index (χ4n) is 7.16. The molecule has 0 aliphatic heterocycles. The molecule has 0 fully saturated rings. The van der Waals surface area contributed by atoms with E-state index in [-0.39, 0.29) is 0 Å². The van der Waals surface area contributed by atoms with Gasteiger partial charge >= 0.3 is 0 Å². The van der Waals surface area contributed by atoms with Gasteiger partial charge in [-0.3, -0.25) is 0 Å². The van der Waals surface area contributed by atoms with E-state index >= 15 is 0 Å². The Hall–Kier alpha value is -6.91. The van der Waals surface area contributed by atoms with Crippen molar-refractivity contribution in [3.8, 4) is 33.7 Å². The Morgan fingerprint density at radius 1 is 0.392 bits per heavy atom. The first-order valence-corrected chi connectivity index (χ1v) is 17.1. The molecule has 2 heterocycles. The molecule has 0 radical (unpaired) electrons. The smallest absolute Gasteiger partial charge is 0.227 e. The minimum absolute atomic E-state index is 0.596. The molecular weight excluding hydrogens is 625 g/mol. The molecule has 0 saturated carbocycles. The second-order valence-corrected chi connectivity index (χ2v) is 12.8. The Labute approximate surface area is 294 Å². The fourth-order valence-corrected chi connectivity index (χ4v) is 7.16. The van der Waals surface area contributed by atoms with Gasteiger partial charge in [0.15, 0.2) is 5.58 Å². The van der Waals surface area contributed by atoms with E-state index in [0.717, 1.165) is 61.2 Å². The van der Waals surface area contributed by atoms with Crippen molar-refractivity contribution >= 4 is 60.9 Å². The average molecular weight is 655 g/mol. The summed E-state index contributed by atoms with van der Waals surface area (Å²) >= 11 is 0. The molecule has 0 atom stereocenters. The third-order valence-corrected chi connectivity index (χ3v) is 9.68. The molecule has 0 saturated heterocycles. The lowest BCUT2D eigenvalue weighted by atomic mass is 9.99. The van der Waals surface area contributed by atoms with Crippen LogP contribution in [0.5, 0.6) is 0 Å². The van der Waals surface area contributed by atoms with Crippen LogP contribution >= 0.6 is 0 Å². The molecule has 4 nitrogen and oxygen atoms in total. The van der Waals surface area contributed by atoms with E-state index < -0.39 is 0 Å². The van der Waals surface area contributed by atoms with Gasteiger partial charge in [-0.15, -0.1) is 0 Å². The molecular formula is C47H30N2O2. The summed E-state index contributed by atoms with van der Waals surface area (Å²) in [5.41, 5.74) is 11.8. The molecule has 10 rings (SSSR count). The number of aromatic nitrogens is 1. The van der Waals surface area contributed by atoms with E-state index in [2.05, 4.69) is 150 Å². The molecule has 0 aliphatic rings. The van der Waals surface area contributed by atoms with Crippen molar-refractivity contribution in [2.45, 2.75) is 0 Å². The number of fused-ring (bicyclic) bond motifs is 5. The standard InChI is InChI=1S/C47H30N2O2/c1-3-12-33(13-4-1)39-17-9-10-18-43(39)49(37-23-21-32(22-24-37)36-20-19-31-11-7-8-16-35(31)27-36)38-25-26-44-40(28-38)41-29-42-46(30-45(41)50-44)51-47(48-42)34-14-5-2-6-15-34/h1-30H. The molecule has 8 aromatic carbocycles. The average Bonchev–Trinajstić information content (AvgIpc) is 3.78. The normalized spacial score (nSPS) is 11.5. The summed E-state index contributed by atoms with van der Waals surface area (Å²) < 4.78 is 12.6. The van der Waals surface area contributed by atoms with Crippen LogP contribution in [-0.4, -0.2) is 4.98 Å². The lowest BCUT2D eigenvalue weighted by Gasteiger charge is -2.28. The predicted molar refractivity (Wildman–Crippen MR) is 210 cm³/mol. The molecule has 4 heteroatoms. The third-order valence-electron chi connectivity index (χ3n) is 9.68. The topological polar surface area (TPSA) is 42.4 Å². The predicted octanol–water partition coefficient (Wildman–Crippen LogP) is 13.4. The fraction of sp³-hybridized carbons (Fsp3) is 0. The SMILES string of the molecule is c1ccc(-c2nc3cc4c(cc3o2)oc2ccc(N(c3ccc(-c5ccc6ccccc6c5)cc3)c3ccccc3-c3ccccc3)cc24)cc1. The Kier molecular flexibility index (Phi) is 6.78. The lowest BCUT2D eigenvalue weighted by Crippen LogP contribution is -2.11. The summed E-state index contributed by atoms with van der Waals surface area (Å²) in [4.78, 5) is 7.19. The first kappa shape index (κ1) is 29.0. The highest BCUT2D eigenvalue weighted by Crippen LogP contribution is 2.43. The van der Waals surface area contributed by atoms with E-state index in [4.69, 9.17) is 13.8 Å². The van der Waals surface area contributed by atoms with E-state index in [0.29, 0.717) is 11.5 Å². The lowest BCUT2D eigenvalue weighted by molar-refractivity contribution is 0.617. The first-order valence-electron chi connectivity index (χ1n) is 17.1. The highest BCUT2D eigenvalue weighted by atomic mass is 16.4. The van der Waals surface area contributed by atoms with Crippen molar-refractivity contribution < 1.29 is 8.83 Å². The maximum atomic E-state index is 6.40. The Balaban J connectivity index is 1.12. The minimum atomic E-state index is 0.596. The van der Waals surface area contributed by atoms with Crippen LogP contribution in [0.1, 0.15) is 0 Å². The first-order chi connectivity index (χ1) is 25.2. The number of anilines is 3. The number of rotatable bonds is 6. The summed E-state index contributed by atoms with van der Waals surface area (Å²) in [5.74, 6) is 0.596. The molecule has 240 valence electrons. The largest absolute Gasteiger partial charge is 0.456 e. The summed E-state index contributed by atoms with van der Waals surface area (Å²) in [6, 6.07) is 63.6. The van der Waals surface area contributed by atoms with Crippen molar-refractivity contribution in [3.05, 3.63) is 182 Å². The Bertz CT molecular complexity index is 2850. The zero-order chi connectivity index (χ0) is 33.7. The molecule has 10 aromatic rings. The van der Waals surface area contributed by atoms with Crippen molar-refractivity contribution in [1.29, 1.82) is 0 Å².